The molecule has 0 aliphatic heterocycles. The van der Waals surface area contributed by atoms with Gasteiger partial charge < -0.3 is 4.74 Å². The van der Waals surface area contributed by atoms with Gasteiger partial charge in [-0.2, -0.15) is 0 Å². The van der Waals surface area contributed by atoms with E-state index in [9.17, 15) is 9.59 Å². The molecule has 2 aromatic rings. The number of rotatable bonds is 3. The molecule has 1 fully saturated rings. The molecule has 4 rings (SSSR count). The summed E-state index contributed by atoms with van der Waals surface area (Å²) in [6, 6.07) is 14.3. The molecule has 0 spiro atoms. The number of hydrogen-bond donors (Lipinski definition) is 0. The topological polar surface area (TPSA) is 43.4 Å². The quantitative estimate of drug-likeness (QED) is 0.647. The Morgan fingerprint density at radius 1 is 0.889 bits per heavy atom. The third-order valence-corrected chi connectivity index (χ3v) is 5.94. The van der Waals surface area contributed by atoms with E-state index in [0.717, 1.165) is 12.8 Å². The van der Waals surface area contributed by atoms with E-state index in [0.29, 0.717) is 29.3 Å². The predicted molar refractivity (Wildman–Crippen MR) is 105 cm³/mol. The highest BCUT2D eigenvalue weighted by Gasteiger charge is 2.38. The first kappa shape index (κ1) is 14.6. The number of benzene rings is 2. The fourth-order valence-electron chi connectivity index (χ4n) is 4.29. The minimum Gasteiger partial charge on any atom is -0.492 e. The van der Waals surface area contributed by atoms with Crippen LogP contribution in [0.4, 0.5) is 0 Å². The number of hydrogen-bond acceptors (Lipinski definition) is 3. The maximum Gasteiger partial charge on any atom is 0.228 e. The molecule has 27 heavy (non-hydrogen) atoms. The van der Waals surface area contributed by atoms with Gasteiger partial charge in [0.25, 0.3) is 0 Å². The van der Waals surface area contributed by atoms with Gasteiger partial charge in [0.15, 0.2) is 11.5 Å². The monoisotopic (exact) mass is 384 g/mol. The highest BCUT2D eigenvalue weighted by molar-refractivity contribution is 6.30. The Hall–Kier alpha value is -2.39. The third kappa shape index (κ3) is 3.21. The van der Waals surface area contributed by atoms with Crippen molar-refractivity contribution in [3.05, 3.63) is 81.6 Å². The number of fused-ring (bicyclic) bond motifs is 1. The summed E-state index contributed by atoms with van der Waals surface area (Å²) in [5, 5.41) is 0.689. The Labute approximate surface area is 168 Å². The van der Waals surface area contributed by atoms with E-state index in [1.54, 1.807) is 18.2 Å². The van der Waals surface area contributed by atoms with Crippen LogP contribution in [0, 0.1) is 5.92 Å². The molecule has 1 saturated carbocycles. The second-order valence-corrected chi connectivity index (χ2v) is 7.59. The average Bonchev–Trinajstić information content (AvgIpc) is 2.72. The summed E-state index contributed by atoms with van der Waals surface area (Å²) >= 11 is 5.98. The summed E-state index contributed by atoms with van der Waals surface area (Å²) in [5.74, 6) is -1.02. The van der Waals surface area contributed by atoms with Gasteiger partial charge in [-0.25, -0.2) is 0 Å². The van der Waals surface area contributed by atoms with Gasteiger partial charge in [0.2, 0.25) is 5.78 Å². The van der Waals surface area contributed by atoms with Crippen LogP contribution < -0.4 is 0 Å². The maximum absolute atomic E-state index is 13.3. The molecule has 3 nitrogen and oxygen atoms in total. The van der Waals surface area contributed by atoms with Crippen molar-refractivity contribution in [2.24, 2.45) is 5.92 Å². The van der Waals surface area contributed by atoms with Crippen LogP contribution >= 0.6 is 11.6 Å². The largest absolute Gasteiger partial charge is 0.492 e. The van der Waals surface area contributed by atoms with Crippen LogP contribution in [0.3, 0.4) is 0 Å². The Balaban J connectivity index is 1.64. The van der Waals surface area contributed by atoms with Crippen LogP contribution in [0.25, 0.3) is 0 Å². The lowest BCUT2D eigenvalue weighted by Crippen LogP contribution is -2.29. The van der Waals surface area contributed by atoms with Gasteiger partial charge in [-0.3, -0.25) is 9.59 Å². The zero-order valence-electron chi connectivity index (χ0n) is 17.7. The Bertz CT molecular complexity index is 1020. The minimum atomic E-state index is -2.80. The van der Waals surface area contributed by atoms with Gasteiger partial charge >= 0.3 is 0 Å². The molecule has 0 heterocycles. The van der Waals surface area contributed by atoms with E-state index >= 15 is 0 Å². The van der Waals surface area contributed by atoms with Gasteiger partial charge in [0, 0.05) is 21.7 Å². The molecule has 2 aromatic carbocycles. The molecule has 0 amide bonds. The van der Waals surface area contributed by atoms with Gasteiger partial charge in [-0.05, 0) is 55.2 Å². The molecule has 0 N–H and O–H groups in total. The number of ketones is 2. The Morgan fingerprint density at radius 3 is 2.11 bits per heavy atom. The number of carbonyl (C=O) groups excluding carboxylic acids is 2. The zero-order valence-corrected chi connectivity index (χ0v) is 15.5. The summed E-state index contributed by atoms with van der Waals surface area (Å²) in [6.45, 7) is 0. The summed E-state index contributed by atoms with van der Waals surface area (Å²) in [4.78, 5) is 26.3. The van der Waals surface area contributed by atoms with E-state index in [4.69, 9.17) is 20.5 Å². The SMILES string of the molecule is [2H][13C]([2H])([2H])OC1=C(C2CCC(c3ccc(Cl)cc3)CC2)C(=O)c2ccccc2C1=O. The number of carbonyl (C=O) groups is 2. The highest BCUT2D eigenvalue weighted by atomic mass is 35.5. The van der Waals surface area contributed by atoms with E-state index in [1.165, 1.54) is 11.6 Å². The molecule has 4 heteroatoms. The average molecular weight is 385 g/mol. The molecule has 0 atom stereocenters. The second kappa shape index (κ2) is 7.32. The lowest BCUT2D eigenvalue weighted by molar-refractivity contribution is 0.0890. The molecule has 2 aliphatic carbocycles. The van der Waals surface area contributed by atoms with Crippen molar-refractivity contribution < 1.29 is 18.4 Å². The van der Waals surface area contributed by atoms with Crippen LogP contribution in [0.15, 0.2) is 59.9 Å². The number of Topliss-reactive ketones (excluding diaryl/α,β-unsaturated/α-hetero) is 2. The molecule has 138 valence electrons. The fourth-order valence-corrected chi connectivity index (χ4v) is 4.42. The maximum atomic E-state index is 13.3. The van der Waals surface area contributed by atoms with E-state index in [2.05, 4.69) is 0 Å². The molecular formula is C23H21ClO3. The highest BCUT2D eigenvalue weighted by Crippen LogP contribution is 2.42. The van der Waals surface area contributed by atoms with Gasteiger partial charge in [-0.1, -0.05) is 48.0 Å². The van der Waals surface area contributed by atoms with Crippen LogP contribution in [-0.2, 0) is 4.74 Å². The van der Waals surface area contributed by atoms with Crippen molar-refractivity contribution in [2.45, 2.75) is 31.6 Å². The molecule has 2 aliphatic rings. The fraction of sp³-hybridized carbons (Fsp3) is 0.304. The van der Waals surface area contributed by atoms with E-state index < -0.39 is 12.8 Å². The van der Waals surface area contributed by atoms with Crippen LogP contribution in [0.2, 0.25) is 5.02 Å². The van der Waals surface area contributed by atoms with Gasteiger partial charge in [-0.15, -0.1) is 0 Å². The van der Waals surface area contributed by atoms with Crippen molar-refractivity contribution in [3.8, 4) is 0 Å². The molecule has 0 saturated heterocycles. The molecule has 0 radical (unpaired) electrons. The van der Waals surface area contributed by atoms with Crippen molar-refractivity contribution in [3.63, 3.8) is 0 Å². The number of allylic oxidation sites excluding steroid dienone is 2. The summed E-state index contributed by atoms with van der Waals surface area (Å²) in [7, 11) is -2.80. The molecule has 0 unspecified atom stereocenters. The lowest BCUT2D eigenvalue weighted by Gasteiger charge is -2.32. The molecule has 0 aromatic heterocycles. The summed E-state index contributed by atoms with van der Waals surface area (Å²) in [6.07, 6.45) is 3.02. The van der Waals surface area contributed by atoms with Crippen LogP contribution in [0.5, 0.6) is 0 Å². The minimum absolute atomic E-state index is 0.195. The molecular weight excluding hydrogens is 361 g/mol. The van der Waals surface area contributed by atoms with E-state index in [-0.39, 0.29) is 28.6 Å². The number of halogens is 1. The second-order valence-electron chi connectivity index (χ2n) is 7.15. The lowest BCUT2D eigenvalue weighted by atomic mass is 9.72. The number of methoxy groups -OCH3 is 1. The third-order valence-electron chi connectivity index (χ3n) is 5.69. The van der Waals surface area contributed by atoms with Gasteiger partial charge in [0.1, 0.15) is 0 Å². The van der Waals surface area contributed by atoms with Crippen LogP contribution in [-0.4, -0.2) is 18.6 Å². The Morgan fingerprint density at radius 2 is 1.48 bits per heavy atom. The van der Waals surface area contributed by atoms with Crippen molar-refractivity contribution >= 4 is 23.2 Å². The smallest absolute Gasteiger partial charge is 0.228 e. The first-order chi connectivity index (χ1) is 14.2. The predicted octanol–water partition coefficient (Wildman–Crippen LogP) is 5.59. The first-order valence-corrected chi connectivity index (χ1v) is 9.49. The summed E-state index contributed by atoms with van der Waals surface area (Å²) in [5.41, 5.74) is 1.92. The van der Waals surface area contributed by atoms with Crippen molar-refractivity contribution in [1.82, 2.24) is 0 Å². The van der Waals surface area contributed by atoms with E-state index in [1.807, 2.05) is 24.3 Å². The first-order valence-electron chi connectivity index (χ1n) is 10.6. The molecule has 0 bridgehead atoms. The van der Waals surface area contributed by atoms with Crippen molar-refractivity contribution in [2.75, 3.05) is 7.04 Å². The Kier molecular flexibility index (Phi) is 3.97. The summed E-state index contributed by atoms with van der Waals surface area (Å²) < 4.78 is 27.5. The van der Waals surface area contributed by atoms with Gasteiger partial charge in [0.05, 0.1) is 11.2 Å². The zero-order chi connectivity index (χ0) is 21.5. The van der Waals surface area contributed by atoms with Crippen molar-refractivity contribution in [1.29, 1.82) is 0 Å². The number of ether oxygens (including phenoxy) is 1. The standard InChI is InChI=1S/C23H21ClO3/c1-27-23-20(21(25)18-4-2-3-5-19(18)22(23)26)16-8-6-14(7-9-16)15-10-12-17(24)13-11-15/h2-5,10-14,16H,6-9H2,1H3/i1+1D3. The normalized spacial score (nSPS) is 24.7. The van der Waals surface area contributed by atoms with Crippen LogP contribution in [0.1, 0.15) is 62.0 Å².